The molecule has 0 radical (unpaired) electrons. The van der Waals surface area contributed by atoms with Crippen LogP contribution in [0.2, 0.25) is 10.3 Å². The highest BCUT2D eigenvalue weighted by molar-refractivity contribution is 6.33. The average molecular weight is 289 g/mol. The number of carbonyl (C=O) groups excluding carboxylic acids is 1. The van der Waals surface area contributed by atoms with Gasteiger partial charge in [0.1, 0.15) is 10.3 Å². The molecule has 18 heavy (non-hydrogen) atoms. The van der Waals surface area contributed by atoms with Crippen molar-refractivity contribution in [2.24, 2.45) is 0 Å². The number of aromatic nitrogens is 1. The normalized spacial score (nSPS) is 11.4. The average Bonchev–Trinajstić information content (AvgIpc) is 2.35. The third kappa shape index (κ3) is 3.59. The van der Waals surface area contributed by atoms with Crippen molar-refractivity contribution >= 4 is 29.1 Å². The number of amides is 1. The maximum atomic E-state index is 12.2. The summed E-state index contributed by atoms with van der Waals surface area (Å²) in [5, 5.41) is 3.52. The first-order valence-electron chi connectivity index (χ1n) is 6.12. The number of carbonyl (C=O) groups is 1. The van der Waals surface area contributed by atoms with Crippen LogP contribution in [0.1, 0.15) is 50.4 Å². The van der Waals surface area contributed by atoms with Gasteiger partial charge in [-0.1, -0.05) is 44.0 Å². The van der Waals surface area contributed by atoms with E-state index in [4.69, 9.17) is 23.2 Å². The molecular weight excluding hydrogens is 271 g/mol. The fourth-order valence-corrected chi connectivity index (χ4v) is 2.38. The van der Waals surface area contributed by atoms with Crippen molar-refractivity contribution in [2.75, 3.05) is 0 Å². The van der Waals surface area contributed by atoms with E-state index in [2.05, 4.69) is 31.1 Å². The number of nitrogens with one attached hydrogen (secondary N) is 1. The molecule has 0 aliphatic rings. The minimum absolute atomic E-state index is 0.160. The molecule has 0 fully saturated rings. The molecule has 0 saturated carbocycles. The van der Waals surface area contributed by atoms with Crippen molar-refractivity contribution in [1.82, 2.24) is 10.3 Å². The summed E-state index contributed by atoms with van der Waals surface area (Å²) in [4.78, 5) is 16.0. The summed E-state index contributed by atoms with van der Waals surface area (Å²) in [7, 11) is 0. The maximum Gasteiger partial charge on any atom is 0.251 e. The van der Waals surface area contributed by atoms with Gasteiger partial charge in [0.05, 0.1) is 0 Å². The van der Waals surface area contributed by atoms with Crippen LogP contribution in [0, 0.1) is 0 Å². The van der Waals surface area contributed by atoms with Crippen molar-refractivity contribution in [2.45, 2.75) is 45.6 Å². The highest BCUT2D eigenvalue weighted by Crippen LogP contribution is 2.21. The van der Waals surface area contributed by atoms with Crippen LogP contribution in [0.5, 0.6) is 0 Å². The van der Waals surface area contributed by atoms with Crippen LogP contribution in [-0.4, -0.2) is 16.4 Å². The lowest BCUT2D eigenvalue weighted by Crippen LogP contribution is -2.47. The van der Waals surface area contributed by atoms with Gasteiger partial charge < -0.3 is 5.32 Å². The van der Waals surface area contributed by atoms with Gasteiger partial charge in [-0.3, -0.25) is 4.79 Å². The van der Waals surface area contributed by atoms with Crippen molar-refractivity contribution in [3.8, 4) is 0 Å². The molecule has 3 nitrogen and oxygen atoms in total. The summed E-state index contributed by atoms with van der Waals surface area (Å²) in [5.74, 6) is -0.160. The summed E-state index contributed by atoms with van der Waals surface area (Å²) < 4.78 is 0. The second kappa shape index (κ2) is 6.39. The molecule has 1 heterocycles. The molecule has 0 aliphatic carbocycles. The number of halogens is 2. The second-order valence-electron chi connectivity index (χ2n) is 4.30. The zero-order valence-electron chi connectivity index (χ0n) is 10.9. The van der Waals surface area contributed by atoms with Gasteiger partial charge in [0.2, 0.25) is 0 Å². The molecule has 0 aliphatic heterocycles. The van der Waals surface area contributed by atoms with Gasteiger partial charge in [-0.15, -0.1) is 0 Å². The van der Waals surface area contributed by atoms with Gasteiger partial charge in [-0.2, -0.15) is 0 Å². The first-order chi connectivity index (χ1) is 8.46. The molecule has 0 aromatic carbocycles. The largest absolute Gasteiger partial charge is 0.347 e. The number of rotatable bonds is 5. The van der Waals surface area contributed by atoms with Crippen molar-refractivity contribution < 1.29 is 4.79 Å². The summed E-state index contributed by atoms with van der Waals surface area (Å²) >= 11 is 11.6. The molecule has 0 spiro atoms. The highest BCUT2D eigenvalue weighted by atomic mass is 35.5. The molecule has 0 unspecified atom stereocenters. The van der Waals surface area contributed by atoms with E-state index < -0.39 is 0 Å². The Morgan fingerprint density at radius 3 is 2.00 bits per heavy atom. The Hall–Kier alpha value is -0.800. The summed E-state index contributed by atoms with van der Waals surface area (Å²) in [5.41, 5.74) is 0.277. The van der Waals surface area contributed by atoms with Gasteiger partial charge in [-0.05, 0) is 31.4 Å². The van der Waals surface area contributed by atoms with Crippen LogP contribution in [0.3, 0.4) is 0 Å². The fourth-order valence-electron chi connectivity index (χ4n) is 1.92. The van der Waals surface area contributed by atoms with Crippen LogP contribution in [0.25, 0.3) is 0 Å². The lowest BCUT2D eigenvalue weighted by Gasteiger charge is -2.31. The predicted molar refractivity (Wildman–Crippen MR) is 75.3 cm³/mol. The van der Waals surface area contributed by atoms with E-state index in [0.717, 1.165) is 19.3 Å². The third-order valence-corrected chi connectivity index (χ3v) is 3.82. The molecule has 0 bridgehead atoms. The standard InChI is InChI=1S/C13H18Cl2N2O/c1-4-13(5-2,6-3)17-12(18)9-7-10(14)16-11(15)8-9/h7-8H,4-6H2,1-3H3,(H,17,18). The minimum atomic E-state index is -0.167. The Morgan fingerprint density at radius 2 is 1.61 bits per heavy atom. The van der Waals surface area contributed by atoms with Crippen LogP contribution in [0.4, 0.5) is 0 Å². The van der Waals surface area contributed by atoms with E-state index in [1.54, 1.807) is 0 Å². The molecule has 1 N–H and O–H groups in total. The number of hydrogen-bond acceptors (Lipinski definition) is 2. The van der Waals surface area contributed by atoms with E-state index in [9.17, 15) is 4.79 Å². The number of hydrogen-bond donors (Lipinski definition) is 1. The smallest absolute Gasteiger partial charge is 0.251 e. The highest BCUT2D eigenvalue weighted by Gasteiger charge is 2.26. The van der Waals surface area contributed by atoms with Gasteiger partial charge in [0.25, 0.3) is 5.91 Å². The molecule has 1 aromatic rings. The third-order valence-electron chi connectivity index (χ3n) is 3.43. The van der Waals surface area contributed by atoms with Crippen molar-refractivity contribution in [1.29, 1.82) is 0 Å². The summed E-state index contributed by atoms with van der Waals surface area (Å²) in [6.07, 6.45) is 2.66. The van der Waals surface area contributed by atoms with E-state index in [1.807, 2.05) is 0 Å². The molecular formula is C13H18Cl2N2O. The minimum Gasteiger partial charge on any atom is -0.347 e. The Balaban J connectivity index is 2.94. The van der Waals surface area contributed by atoms with E-state index >= 15 is 0 Å². The number of pyridine rings is 1. The lowest BCUT2D eigenvalue weighted by atomic mass is 9.89. The molecule has 0 atom stereocenters. The molecule has 1 amide bonds. The Morgan fingerprint density at radius 1 is 1.17 bits per heavy atom. The first-order valence-corrected chi connectivity index (χ1v) is 6.87. The Labute approximate surface area is 118 Å². The fraction of sp³-hybridized carbons (Fsp3) is 0.538. The van der Waals surface area contributed by atoms with Crippen LogP contribution < -0.4 is 5.32 Å². The van der Waals surface area contributed by atoms with Crippen molar-refractivity contribution in [3.05, 3.63) is 28.0 Å². The molecule has 1 aromatic heterocycles. The Kier molecular flexibility index (Phi) is 5.42. The Bertz CT molecular complexity index is 402. The van der Waals surface area contributed by atoms with Gasteiger partial charge >= 0.3 is 0 Å². The SMILES string of the molecule is CCC(CC)(CC)NC(=O)c1cc(Cl)nc(Cl)c1. The topological polar surface area (TPSA) is 42.0 Å². The predicted octanol–water partition coefficient (Wildman–Crippen LogP) is 4.09. The van der Waals surface area contributed by atoms with E-state index in [-0.39, 0.29) is 21.8 Å². The van der Waals surface area contributed by atoms with Gasteiger partial charge in [0.15, 0.2) is 0 Å². The van der Waals surface area contributed by atoms with E-state index in [0.29, 0.717) is 5.56 Å². The van der Waals surface area contributed by atoms with Crippen LogP contribution in [0.15, 0.2) is 12.1 Å². The molecule has 100 valence electrons. The van der Waals surface area contributed by atoms with Gasteiger partial charge in [0, 0.05) is 11.1 Å². The van der Waals surface area contributed by atoms with Crippen LogP contribution >= 0.6 is 23.2 Å². The van der Waals surface area contributed by atoms with E-state index in [1.165, 1.54) is 12.1 Å². The molecule has 0 saturated heterocycles. The zero-order chi connectivity index (χ0) is 13.8. The molecule has 1 rings (SSSR count). The van der Waals surface area contributed by atoms with Crippen LogP contribution in [-0.2, 0) is 0 Å². The second-order valence-corrected chi connectivity index (χ2v) is 5.07. The van der Waals surface area contributed by atoms with Crippen molar-refractivity contribution in [3.63, 3.8) is 0 Å². The molecule has 5 heteroatoms. The number of nitrogens with zero attached hydrogens (tertiary/aromatic N) is 1. The first kappa shape index (κ1) is 15.3. The monoisotopic (exact) mass is 288 g/mol. The summed E-state index contributed by atoms with van der Waals surface area (Å²) in [6, 6.07) is 3.04. The quantitative estimate of drug-likeness (QED) is 0.830. The zero-order valence-corrected chi connectivity index (χ0v) is 12.4. The lowest BCUT2D eigenvalue weighted by molar-refractivity contribution is 0.0888. The van der Waals surface area contributed by atoms with Gasteiger partial charge in [-0.25, -0.2) is 4.98 Å². The maximum absolute atomic E-state index is 12.2. The summed E-state index contributed by atoms with van der Waals surface area (Å²) in [6.45, 7) is 6.21.